The van der Waals surface area contributed by atoms with Gasteiger partial charge < -0.3 is 28.8 Å². The van der Waals surface area contributed by atoms with Crippen molar-refractivity contribution in [2.75, 3.05) is 28.1 Å². The largest absolute Gasteiger partial charge is 0.497 e. The highest BCUT2D eigenvalue weighted by atomic mass is 16.7. The van der Waals surface area contributed by atoms with Gasteiger partial charge in [-0.15, -0.1) is 0 Å². The number of hydrogen-bond donors (Lipinski definition) is 1. The lowest BCUT2D eigenvalue weighted by atomic mass is 10.0. The summed E-state index contributed by atoms with van der Waals surface area (Å²) < 4.78 is 27.5. The van der Waals surface area contributed by atoms with Gasteiger partial charge in [0.2, 0.25) is 0 Å². The van der Waals surface area contributed by atoms with E-state index in [0.29, 0.717) is 47.5 Å². The molecule has 1 aromatic carbocycles. The van der Waals surface area contributed by atoms with Gasteiger partial charge in [0, 0.05) is 24.9 Å². The Balaban J connectivity index is 1.89. The van der Waals surface area contributed by atoms with Crippen LogP contribution >= 0.6 is 0 Å². The molecular formula is C26H32N2O6. The minimum atomic E-state index is -1.06. The van der Waals surface area contributed by atoms with E-state index in [-0.39, 0.29) is 6.79 Å². The summed E-state index contributed by atoms with van der Waals surface area (Å²) in [7, 11) is 4.72. The quantitative estimate of drug-likeness (QED) is 0.393. The molecule has 0 spiro atoms. The summed E-state index contributed by atoms with van der Waals surface area (Å²) in [6, 6.07) is 11.0. The second kappa shape index (κ2) is 12.2. The first kappa shape index (κ1) is 25.3. The average molecular weight is 469 g/mol. The third kappa shape index (κ3) is 6.36. The second-order valence-electron chi connectivity index (χ2n) is 8.12. The van der Waals surface area contributed by atoms with Crippen LogP contribution in [0.15, 0.2) is 48.8 Å². The van der Waals surface area contributed by atoms with Crippen molar-refractivity contribution < 1.29 is 28.8 Å². The summed E-state index contributed by atoms with van der Waals surface area (Å²) in [5.74, 6) is 2.58. The fourth-order valence-electron chi connectivity index (χ4n) is 3.44. The summed E-state index contributed by atoms with van der Waals surface area (Å²) >= 11 is 0. The van der Waals surface area contributed by atoms with Crippen molar-refractivity contribution in [2.45, 2.75) is 33.0 Å². The Bertz CT molecular complexity index is 1060. The van der Waals surface area contributed by atoms with E-state index in [2.05, 4.69) is 23.8 Å². The summed E-state index contributed by atoms with van der Waals surface area (Å²) in [5, 5.41) is 11.2. The second-order valence-corrected chi connectivity index (χ2v) is 8.12. The lowest BCUT2D eigenvalue weighted by Crippen LogP contribution is -2.12. The Morgan fingerprint density at radius 2 is 1.68 bits per heavy atom. The lowest BCUT2D eigenvalue weighted by molar-refractivity contribution is 0.0474. The van der Waals surface area contributed by atoms with Crippen LogP contribution in [0, 0.1) is 5.92 Å². The Hall–Kier alpha value is -3.36. The predicted octanol–water partition coefficient (Wildman–Crippen LogP) is 4.34. The van der Waals surface area contributed by atoms with Gasteiger partial charge in [-0.1, -0.05) is 26.0 Å². The molecule has 0 aliphatic rings. The molecule has 0 fully saturated rings. The van der Waals surface area contributed by atoms with Gasteiger partial charge in [0.15, 0.2) is 18.3 Å². The molecule has 0 aliphatic carbocycles. The molecular weight excluding hydrogens is 436 g/mol. The van der Waals surface area contributed by atoms with Crippen LogP contribution in [0.1, 0.15) is 42.5 Å². The van der Waals surface area contributed by atoms with Gasteiger partial charge >= 0.3 is 0 Å². The number of aliphatic hydroxyl groups excluding tert-OH is 1. The topological polar surface area (TPSA) is 92.2 Å². The molecule has 2 heterocycles. The lowest BCUT2D eigenvalue weighted by Gasteiger charge is -2.20. The van der Waals surface area contributed by atoms with Crippen LogP contribution in [0.2, 0.25) is 0 Å². The van der Waals surface area contributed by atoms with Crippen molar-refractivity contribution in [1.82, 2.24) is 9.97 Å². The van der Waals surface area contributed by atoms with Crippen molar-refractivity contribution in [3.63, 3.8) is 0 Å². The predicted molar refractivity (Wildman–Crippen MR) is 127 cm³/mol. The van der Waals surface area contributed by atoms with Gasteiger partial charge in [-0.05, 0) is 36.1 Å². The number of ether oxygens (including phenoxy) is 5. The van der Waals surface area contributed by atoms with Gasteiger partial charge in [0.05, 0.1) is 31.8 Å². The zero-order chi connectivity index (χ0) is 24.5. The molecule has 34 heavy (non-hydrogen) atoms. The van der Waals surface area contributed by atoms with E-state index in [1.54, 1.807) is 39.7 Å². The highest BCUT2D eigenvalue weighted by Crippen LogP contribution is 2.36. The third-order valence-electron chi connectivity index (χ3n) is 5.13. The maximum atomic E-state index is 11.2. The smallest absolute Gasteiger partial charge is 0.188 e. The SMILES string of the molecule is COCOc1c(C(O)c2cc(OCc3ccc(OC)cc3)c(OC)cn2)ccnc1CC(C)C. The Kier molecular flexibility index (Phi) is 9.07. The molecule has 1 N–H and O–H groups in total. The Labute approximate surface area is 200 Å². The van der Waals surface area contributed by atoms with Gasteiger partial charge in [-0.25, -0.2) is 0 Å². The zero-order valence-electron chi connectivity index (χ0n) is 20.3. The first-order valence-electron chi connectivity index (χ1n) is 11.0. The molecule has 1 unspecified atom stereocenters. The van der Waals surface area contributed by atoms with Crippen molar-refractivity contribution in [3.05, 3.63) is 71.3 Å². The number of benzene rings is 1. The first-order chi connectivity index (χ1) is 16.5. The fourth-order valence-corrected chi connectivity index (χ4v) is 3.44. The minimum Gasteiger partial charge on any atom is -0.497 e. The molecule has 8 heteroatoms. The number of aliphatic hydroxyl groups is 1. The number of methoxy groups -OCH3 is 3. The standard InChI is InChI=1S/C26H32N2O6/c1-17(2)12-22-26(34-16-30-3)20(10-11-27-22)25(29)21-13-23(24(32-5)14-28-21)33-15-18-6-8-19(31-4)9-7-18/h6-11,13-14,17,25,29H,12,15-16H2,1-5H3. The third-order valence-corrected chi connectivity index (χ3v) is 5.13. The maximum absolute atomic E-state index is 11.2. The molecule has 0 amide bonds. The Morgan fingerprint density at radius 1 is 0.912 bits per heavy atom. The van der Waals surface area contributed by atoms with Gasteiger partial charge in [0.25, 0.3) is 0 Å². The number of nitrogens with zero attached hydrogens (tertiary/aromatic N) is 2. The normalized spacial score (nSPS) is 11.9. The number of rotatable bonds is 12. The minimum absolute atomic E-state index is 0.0444. The molecule has 0 bridgehead atoms. The van der Waals surface area contributed by atoms with Crippen molar-refractivity contribution in [1.29, 1.82) is 0 Å². The molecule has 0 aliphatic heterocycles. The van der Waals surface area contributed by atoms with Crippen molar-refractivity contribution in [2.24, 2.45) is 5.92 Å². The average Bonchev–Trinajstić information content (AvgIpc) is 2.86. The van der Waals surface area contributed by atoms with Gasteiger partial charge in [-0.2, -0.15) is 0 Å². The van der Waals surface area contributed by atoms with Crippen LogP contribution in [0.3, 0.4) is 0 Å². The molecule has 1 atom stereocenters. The van der Waals surface area contributed by atoms with Crippen molar-refractivity contribution in [3.8, 4) is 23.0 Å². The van der Waals surface area contributed by atoms with Crippen molar-refractivity contribution >= 4 is 0 Å². The maximum Gasteiger partial charge on any atom is 0.188 e. The van der Waals surface area contributed by atoms with E-state index in [0.717, 1.165) is 17.0 Å². The monoisotopic (exact) mass is 468 g/mol. The summed E-state index contributed by atoms with van der Waals surface area (Å²) in [6.07, 6.45) is 2.84. The summed E-state index contributed by atoms with van der Waals surface area (Å²) in [4.78, 5) is 8.86. The van der Waals surface area contributed by atoms with Crippen LogP contribution in [-0.4, -0.2) is 43.2 Å². The van der Waals surface area contributed by atoms with Crippen LogP contribution in [0.25, 0.3) is 0 Å². The molecule has 3 rings (SSSR count). The molecule has 3 aromatic rings. The molecule has 0 saturated heterocycles. The highest BCUT2D eigenvalue weighted by Gasteiger charge is 2.22. The first-order valence-corrected chi connectivity index (χ1v) is 11.0. The van der Waals surface area contributed by atoms with Crippen LogP contribution < -0.4 is 18.9 Å². The van der Waals surface area contributed by atoms with Crippen LogP contribution in [-0.2, 0) is 17.8 Å². The summed E-state index contributed by atoms with van der Waals surface area (Å²) in [5.41, 5.74) is 2.67. The van der Waals surface area contributed by atoms with Crippen LogP contribution in [0.4, 0.5) is 0 Å². The van der Waals surface area contributed by atoms with E-state index >= 15 is 0 Å². The molecule has 8 nitrogen and oxygen atoms in total. The molecule has 182 valence electrons. The number of aromatic nitrogens is 2. The molecule has 2 aromatic heterocycles. The molecule has 0 radical (unpaired) electrons. The zero-order valence-corrected chi connectivity index (χ0v) is 20.3. The highest BCUT2D eigenvalue weighted by molar-refractivity contribution is 5.45. The number of hydrogen-bond acceptors (Lipinski definition) is 8. The van der Waals surface area contributed by atoms with E-state index < -0.39 is 6.10 Å². The summed E-state index contributed by atoms with van der Waals surface area (Å²) in [6.45, 7) is 4.56. The van der Waals surface area contributed by atoms with E-state index in [4.69, 9.17) is 23.7 Å². The van der Waals surface area contributed by atoms with Gasteiger partial charge in [0.1, 0.15) is 24.2 Å². The number of pyridine rings is 2. The fraction of sp³-hybridized carbons (Fsp3) is 0.385. The van der Waals surface area contributed by atoms with Gasteiger partial charge in [-0.3, -0.25) is 9.97 Å². The van der Waals surface area contributed by atoms with E-state index in [1.807, 2.05) is 24.3 Å². The Morgan fingerprint density at radius 3 is 2.32 bits per heavy atom. The molecule has 0 saturated carbocycles. The van der Waals surface area contributed by atoms with Crippen LogP contribution in [0.5, 0.6) is 23.0 Å². The van der Waals surface area contributed by atoms with E-state index in [1.165, 1.54) is 6.20 Å². The van der Waals surface area contributed by atoms with E-state index in [9.17, 15) is 5.11 Å².